The van der Waals surface area contributed by atoms with Crippen molar-refractivity contribution in [3.8, 4) is 11.4 Å². The van der Waals surface area contributed by atoms with E-state index in [1.165, 1.54) is 11.1 Å². The molecule has 1 atom stereocenters. The number of para-hydroxylation sites is 1. The standard InChI is InChI=1S/C22H22N4OS/c1-14-6-8-16(9-7-14)20-24-25-22(26(20)17-11-12-17)28-19-13-10-15-4-2-3-5-18(15)23-21(19)27/h2-9,17,19H,10-13H2,1H3,(H,23,27). The summed E-state index contributed by atoms with van der Waals surface area (Å²) in [6.07, 6.45) is 3.97. The van der Waals surface area contributed by atoms with Crippen LogP contribution in [0.15, 0.2) is 53.7 Å². The zero-order valence-corrected chi connectivity index (χ0v) is 16.6. The van der Waals surface area contributed by atoms with Gasteiger partial charge in [0.15, 0.2) is 11.0 Å². The lowest BCUT2D eigenvalue weighted by atomic mass is 10.1. The van der Waals surface area contributed by atoms with E-state index in [9.17, 15) is 4.79 Å². The Morgan fingerprint density at radius 1 is 1.04 bits per heavy atom. The number of rotatable bonds is 4. The van der Waals surface area contributed by atoms with Crippen LogP contribution in [0, 0.1) is 6.92 Å². The lowest BCUT2D eigenvalue weighted by Crippen LogP contribution is -2.24. The van der Waals surface area contributed by atoms with E-state index in [0.717, 1.165) is 47.9 Å². The van der Waals surface area contributed by atoms with Gasteiger partial charge in [0, 0.05) is 17.3 Å². The molecule has 5 nitrogen and oxygen atoms in total. The molecule has 5 rings (SSSR count). The van der Waals surface area contributed by atoms with Gasteiger partial charge in [0.25, 0.3) is 0 Å². The first kappa shape index (κ1) is 17.5. The third kappa shape index (κ3) is 3.33. The number of carbonyl (C=O) groups is 1. The van der Waals surface area contributed by atoms with Crippen LogP contribution in [0.5, 0.6) is 0 Å². The molecule has 2 heterocycles. The average molecular weight is 391 g/mol. The van der Waals surface area contributed by atoms with Gasteiger partial charge in [-0.25, -0.2) is 0 Å². The van der Waals surface area contributed by atoms with E-state index in [1.807, 2.05) is 18.2 Å². The largest absolute Gasteiger partial charge is 0.325 e. The Morgan fingerprint density at radius 2 is 1.82 bits per heavy atom. The van der Waals surface area contributed by atoms with Crippen molar-refractivity contribution in [2.24, 2.45) is 0 Å². The van der Waals surface area contributed by atoms with Crippen molar-refractivity contribution in [3.05, 3.63) is 59.7 Å². The van der Waals surface area contributed by atoms with Crippen molar-refractivity contribution in [3.63, 3.8) is 0 Å². The summed E-state index contributed by atoms with van der Waals surface area (Å²) in [5.74, 6) is 0.958. The van der Waals surface area contributed by atoms with Gasteiger partial charge in [-0.05, 0) is 44.2 Å². The molecule has 28 heavy (non-hydrogen) atoms. The second kappa shape index (κ2) is 7.09. The number of nitrogens with zero attached hydrogens (tertiary/aromatic N) is 3. The summed E-state index contributed by atoms with van der Waals surface area (Å²) in [5.41, 5.74) is 4.43. The molecule has 2 aromatic carbocycles. The fraction of sp³-hybridized carbons (Fsp3) is 0.318. The van der Waals surface area contributed by atoms with Gasteiger partial charge in [-0.3, -0.25) is 9.36 Å². The molecule has 1 amide bonds. The third-order valence-corrected chi connectivity index (χ3v) is 6.60. The molecule has 3 aromatic rings. The highest BCUT2D eigenvalue weighted by atomic mass is 32.2. The Bertz CT molecular complexity index is 1020. The van der Waals surface area contributed by atoms with E-state index in [-0.39, 0.29) is 11.2 Å². The van der Waals surface area contributed by atoms with Crippen LogP contribution in [0.2, 0.25) is 0 Å². The number of carbonyl (C=O) groups excluding carboxylic acids is 1. The summed E-state index contributed by atoms with van der Waals surface area (Å²) in [7, 11) is 0. The molecule has 0 spiro atoms. The fourth-order valence-electron chi connectivity index (χ4n) is 3.65. The SMILES string of the molecule is Cc1ccc(-c2nnc(SC3CCc4ccccc4NC3=O)n2C2CC2)cc1. The van der Waals surface area contributed by atoms with Crippen molar-refractivity contribution in [2.75, 3.05) is 5.32 Å². The molecule has 1 aromatic heterocycles. The molecule has 6 heteroatoms. The lowest BCUT2D eigenvalue weighted by molar-refractivity contribution is -0.115. The van der Waals surface area contributed by atoms with Crippen LogP contribution in [0.25, 0.3) is 11.4 Å². The van der Waals surface area contributed by atoms with E-state index in [0.29, 0.717) is 6.04 Å². The van der Waals surface area contributed by atoms with Gasteiger partial charge in [-0.2, -0.15) is 0 Å². The number of hydrogen-bond donors (Lipinski definition) is 1. The van der Waals surface area contributed by atoms with E-state index in [4.69, 9.17) is 0 Å². The van der Waals surface area contributed by atoms with E-state index in [1.54, 1.807) is 11.8 Å². The van der Waals surface area contributed by atoms with Gasteiger partial charge in [0.05, 0.1) is 5.25 Å². The number of benzene rings is 2. The predicted octanol–water partition coefficient (Wildman–Crippen LogP) is 4.63. The van der Waals surface area contributed by atoms with Crippen LogP contribution < -0.4 is 5.32 Å². The number of fused-ring (bicyclic) bond motifs is 1. The Morgan fingerprint density at radius 3 is 2.61 bits per heavy atom. The number of nitrogens with one attached hydrogen (secondary N) is 1. The quantitative estimate of drug-likeness (QED) is 0.705. The topological polar surface area (TPSA) is 59.8 Å². The number of hydrogen-bond acceptors (Lipinski definition) is 4. The maximum absolute atomic E-state index is 12.8. The molecule has 142 valence electrons. The molecule has 1 aliphatic heterocycles. The molecule has 1 saturated carbocycles. The maximum atomic E-state index is 12.8. The second-order valence-corrected chi connectivity index (χ2v) is 8.73. The molecule has 0 bridgehead atoms. The van der Waals surface area contributed by atoms with Crippen LogP contribution in [-0.4, -0.2) is 25.9 Å². The first-order chi connectivity index (χ1) is 13.7. The number of aromatic nitrogens is 3. The Labute approximate surface area is 168 Å². The molecule has 1 unspecified atom stereocenters. The Hall–Kier alpha value is -2.60. The summed E-state index contributed by atoms with van der Waals surface area (Å²) in [5, 5.41) is 12.7. The highest BCUT2D eigenvalue weighted by Crippen LogP contribution is 2.42. The normalized spacial score (nSPS) is 19.0. The van der Waals surface area contributed by atoms with Crippen LogP contribution in [0.1, 0.15) is 36.4 Å². The Kier molecular flexibility index (Phi) is 4.43. The summed E-state index contributed by atoms with van der Waals surface area (Å²) in [6, 6.07) is 16.9. The van der Waals surface area contributed by atoms with Gasteiger partial charge in [-0.15, -0.1) is 10.2 Å². The van der Waals surface area contributed by atoms with Crippen molar-refractivity contribution in [1.82, 2.24) is 14.8 Å². The monoisotopic (exact) mass is 390 g/mol. The van der Waals surface area contributed by atoms with Crippen molar-refractivity contribution in [2.45, 2.75) is 49.1 Å². The van der Waals surface area contributed by atoms with Gasteiger partial charge >= 0.3 is 0 Å². The van der Waals surface area contributed by atoms with E-state index >= 15 is 0 Å². The molecule has 1 aliphatic carbocycles. The average Bonchev–Trinajstić information content (AvgIpc) is 3.48. The summed E-state index contributed by atoms with van der Waals surface area (Å²) in [6.45, 7) is 2.08. The van der Waals surface area contributed by atoms with Gasteiger partial charge in [0.1, 0.15) is 0 Å². The number of aryl methyl sites for hydroxylation is 2. The minimum absolute atomic E-state index is 0.0529. The lowest BCUT2D eigenvalue weighted by Gasteiger charge is -2.14. The molecule has 1 N–H and O–H groups in total. The second-order valence-electron chi connectivity index (χ2n) is 7.56. The Balaban J connectivity index is 1.43. The summed E-state index contributed by atoms with van der Waals surface area (Å²) in [4.78, 5) is 12.8. The third-order valence-electron chi connectivity index (χ3n) is 5.38. The minimum Gasteiger partial charge on any atom is -0.325 e. The van der Waals surface area contributed by atoms with E-state index in [2.05, 4.69) is 57.3 Å². The number of thioether (sulfide) groups is 1. The van der Waals surface area contributed by atoms with Gasteiger partial charge in [0.2, 0.25) is 5.91 Å². The van der Waals surface area contributed by atoms with Crippen molar-refractivity contribution in [1.29, 1.82) is 0 Å². The first-order valence-corrected chi connectivity index (χ1v) is 10.6. The first-order valence-electron chi connectivity index (χ1n) is 9.76. The molecular weight excluding hydrogens is 368 g/mol. The molecule has 0 saturated heterocycles. The number of amides is 1. The molecule has 2 aliphatic rings. The van der Waals surface area contributed by atoms with Crippen molar-refractivity contribution < 1.29 is 4.79 Å². The molecule has 1 fully saturated rings. The van der Waals surface area contributed by atoms with E-state index < -0.39 is 0 Å². The van der Waals surface area contributed by atoms with Gasteiger partial charge in [-0.1, -0.05) is 59.8 Å². The van der Waals surface area contributed by atoms with Crippen LogP contribution in [0.3, 0.4) is 0 Å². The predicted molar refractivity (Wildman–Crippen MR) is 112 cm³/mol. The summed E-state index contributed by atoms with van der Waals surface area (Å²) >= 11 is 1.55. The molecular formula is C22H22N4OS. The number of anilines is 1. The van der Waals surface area contributed by atoms with Crippen LogP contribution in [0.4, 0.5) is 5.69 Å². The smallest absolute Gasteiger partial charge is 0.237 e. The van der Waals surface area contributed by atoms with Crippen molar-refractivity contribution >= 4 is 23.4 Å². The highest BCUT2D eigenvalue weighted by Gasteiger charge is 2.33. The van der Waals surface area contributed by atoms with Gasteiger partial charge < -0.3 is 5.32 Å². The summed E-state index contributed by atoms with van der Waals surface area (Å²) < 4.78 is 2.24. The zero-order chi connectivity index (χ0) is 19.1. The minimum atomic E-state index is -0.167. The highest BCUT2D eigenvalue weighted by molar-refractivity contribution is 8.00. The zero-order valence-electron chi connectivity index (χ0n) is 15.8. The van der Waals surface area contributed by atoms with Crippen LogP contribution >= 0.6 is 11.8 Å². The van der Waals surface area contributed by atoms with Crippen LogP contribution in [-0.2, 0) is 11.2 Å². The maximum Gasteiger partial charge on any atom is 0.237 e. The fourth-order valence-corrected chi connectivity index (χ4v) is 4.74. The molecule has 0 radical (unpaired) electrons.